The van der Waals surface area contributed by atoms with Gasteiger partial charge in [0.2, 0.25) is 0 Å². The maximum Gasteiger partial charge on any atom is 0.359 e. The predicted octanol–water partition coefficient (Wildman–Crippen LogP) is 3.10. The topological polar surface area (TPSA) is 104 Å². The molecule has 0 aliphatic carbocycles. The molecule has 3 aromatic rings. The largest absolute Gasteiger partial charge is 0.451 e. The number of fused-ring (bicyclic) bond motifs is 1. The number of hydrogen-bond acceptors (Lipinski definition) is 6. The van der Waals surface area contributed by atoms with E-state index in [2.05, 4.69) is 20.4 Å². The fourth-order valence-electron chi connectivity index (χ4n) is 3.75. The van der Waals surface area contributed by atoms with Gasteiger partial charge in [0.25, 0.3) is 11.5 Å². The summed E-state index contributed by atoms with van der Waals surface area (Å²) >= 11 is 0. The van der Waals surface area contributed by atoms with Gasteiger partial charge in [0, 0.05) is 29.9 Å². The summed E-state index contributed by atoms with van der Waals surface area (Å²) in [6.45, 7) is 1.64. The second-order valence-electron chi connectivity index (χ2n) is 7.52. The van der Waals surface area contributed by atoms with Gasteiger partial charge < -0.3 is 15.0 Å². The molecule has 0 radical (unpaired) electrons. The number of amides is 1. The van der Waals surface area contributed by atoms with Gasteiger partial charge in [-0.15, -0.1) is 0 Å². The maximum absolute atomic E-state index is 12.4. The number of H-pyrrole nitrogens is 1. The van der Waals surface area contributed by atoms with Crippen molar-refractivity contribution in [2.45, 2.75) is 25.7 Å². The lowest BCUT2D eigenvalue weighted by atomic mass is 10.1. The third-order valence-corrected chi connectivity index (χ3v) is 5.35. The number of benzene rings is 2. The molecule has 2 heterocycles. The number of aromatic amines is 1. The molecule has 1 amide bonds. The van der Waals surface area contributed by atoms with Crippen LogP contribution in [-0.4, -0.2) is 41.8 Å². The SMILES string of the molecule is O=C(COC(=O)c1n[nH]c(=O)c2ccccc12)Nc1ccc(N2CCCCCC2)cc1. The summed E-state index contributed by atoms with van der Waals surface area (Å²) in [6, 6.07) is 14.3. The van der Waals surface area contributed by atoms with Crippen LogP contribution in [0.2, 0.25) is 0 Å². The van der Waals surface area contributed by atoms with Crippen molar-refractivity contribution in [1.29, 1.82) is 0 Å². The van der Waals surface area contributed by atoms with Crippen LogP contribution in [-0.2, 0) is 9.53 Å². The second-order valence-corrected chi connectivity index (χ2v) is 7.52. The zero-order chi connectivity index (χ0) is 21.6. The minimum absolute atomic E-state index is 0.0372. The number of anilines is 2. The van der Waals surface area contributed by atoms with Crippen LogP contribution in [0, 0.1) is 0 Å². The van der Waals surface area contributed by atoms with Gasteiger partial charge in [-0.1, -0.05) is 31.0 Å². The zero-order valence-electron chi connectivity index (χ0n) is 17.1. The molecule has 8 heteroatoms. The second kappa shape index (κ2) is 9.42. The third-order valence-electron chi connectivity index (χ3n) is 5.35. The fourth-order valence-corrected chi connectivity index (χ4v) is 3.75. The van der Waals surface area contributed by atoms with Gasteiger partial charge in [-0.05, 0) is 43.2 Å². The van der Waals surface area contributed by atoms with Crippen molar-refractivity contribution in [3.63, 3.8) is 0 Å². The van der Waals surface area contributed by atoms with Crippen LogP contribution in [0.3, 0.4) is 0 Å². The summed E-state index contributed by atoms with van der Waals surface area (Å²) in [7, 11) is 0. The molecule has 2 aromatic carbocycles. The van der Waals surface area contributed by atoms with E-state index in [1.807, 2.05) is 24.3 Å². The first kappa shape index (κ1) is 20.6. The lowest BCUT2D eigenvalue weighted by molar-refractivity contribution is -0.119. The van der Waals surface area contributed by atoms with Crippen molar-refractivity contribution in [3.05, 3.63) is 64.6 Å². The molecule has 1 fully saturated rings. The first-order chi connectivity index (χ1) is 15.1. The number of carbonyl (C=O) groups excluding carboxylic acids is 2. The highest BCUT2D eigenvalue weighted by molar-refractivity contribution is 6.03. The Balaban J connectivity index is 1.35. The smallest absolute Gasteiger partial charge is 0.359 e. The van der Waals surface area contributed by atoms with Crippen molar-refractivity contribution < 1.29 is 14.3 Å². The van der Waals surface area contributed by atoms with Crippen LogP contribution in [0.1, 0.15) is 36.2 Å². The summed E-state index contributed by atoms with van der Waals surface area (Å²) in [4.78, 5) is 38.8. The van der Waals surface area contributed by atoms with Crippen molar-refractivity contribution in [2.24, 2.45) is 0 Å². The Bertz CT molecular complexity index is 1130. The van der Waals surface area contributed by atoms with E-state index < -0.39 is 24.0 Å². The monoisotopic (exact) mass is 420 g/mol. The van der Waals surface area contributed by atoms with Crippen molar-refractivity contribution >= 4 is 34.0 Å². The molecule has 31 heavy (non-hydrogen) atoms. The Hall–Kier alpha value is -3.68. The molecule has 0 bridgehead atoms. The highest BCUT2D eigenvalue weighted by atomic mass is 16.5. The number of aromatic nitrogens is 2. The van der Waals surface area contributed by atoms with Crippen molar-refractivity contribution in [1.82, 2.24) is 10.2 Å². The van der Waals surface area contributed by atoms with E-state index in [4.69, 9.17) is 4.74 Å². The summed E-state index contributed by atoms with van der Waals surface area (Å²) in [5, 5.41) is 9.49. The number of nitrogens with one attached hydrogen (secondary N) is 2. The molecular formula is C23H24N4O4. The van der Waals surface area contributed by atoms with E-state index in [1.54, 1.807) is 24.3 Å². The van der Waals surface area contributed by atoms with E-state index in [0.717, 1.165) is 18.8 Å². The number of rotatable bonds is 5. The lowest BCUT2D eigenvalue weighted by Gasteiger charge is -2.22. The molecule has 4 rings (SSSR count). The van der Waals surface area contributed by atoms with Gasteiger partial charge in [0.05, 0.1) is 5.39 Å². The molecule has 1 aromatic heterocycles. The van der Waals surface area contributed by atoms with Crippen LogP contribution < -0.4 is 15.8 Å². The minimum Gasteiger partial charge on any atom is -0.451 e. The Labute approximate surface area is 179 Å². The first-order valence-corrected chi connectivity index (χ1v) is 10.4. The number of esters is 1. The van der Waals surface area contributed by atoms with Crippen molar-refractivity contribution in [2.75, 3.05) is 29.9 Å². The average Bonchev–Trinajstić information content (AvgIpc) is 3.08. The molecule has 8 nitrogen and oxygen atoms in total. The lowest BCUT2D eigenvalue weighted by Crippen LogP contribution is -2.24. The van der Waals surface area contributed by atoms with E-state index in [-0.39, 0.29) is 5.69 Å². The Kier molecular flexibility index (Phi) is 6.26. The quantitative estimate of drug-likeness (QED) is 0.615. The normalized spacial score (nSPS) is 14.1. The Morgan fingerprint density at radius 2 is 1.65 bits per heavy atom. The predicted molar refractivity (Wildman–Crippen MR) is 118 cm³/mol. The fraction of sp³-hybridized carbons (Fsp3) is 0.304. The number of carbonyl (C=O) groups is 2. The summed E-state index contributed by atoms with van der Waals surface area (Å²) in [5.41, 5.74) is 1.34. The summed E-state index contributed by atoms with van der Waals surface area (Å²) in [5.74, 6) is -1.23. The number of nitrogens with zero attached hydrogens (tertiary/aromatic N) is 2. The first-order valence-electron chi connectivity index (χ1n) is 10.4. The van der Waals surface area contributed by atoms with E-state index >= 15 is 0 Å². The van der Waals surface area contributed by atoms with Crippen LogP contribution in [0.25, 0.3) is 10.8 Å². The van der Waals surface area contributed by atoms with Gasteiger partial charge in [-0.25, -0.2) is 9.89 Å². The molecule has 0 spiro atoms. The minimum atomic E-state index is -0.779. The van der Waals surface area contributed by atoms with Crippen LogP contribution in [0.4, 0.5) is 11.4 Å². The van der Waals surface area contributed by atoms with Gasteiger partial charge >= 0.3 is 5.97 Å². The standard InChI is InChI=1S/C23H24N4O4/c28-20(24-16-9-11-17(12-10-16)27-13-5-1-2-6-14-27)15-31-23(30)21-18-7-3-4-8-19(18)22(29)26-25-21/h3-4,7-12H,1-2,5-6,13-15H2,(H,24,28)(H,26,29). The third kappa shape index (κ3) is 4.91. The van der Waals surface area contributed by atoms with Gasteiger partial charge in [0.1, 0.15) is 0 Å². The number of ether oxygens (including phenoxy) is 1. The van der Waals surface area contributed by atoms with E-state index in [1.165, 1.54) is 25.7 Å². The molecule has 160 valence electrons. The molecule has 1 aliphatic heterocycles. The highest BCUT2D eigenvalue weighted by Gasteiger charge is 2.17. The highest BCUT2D eigenvalue weighted by Crippen LogP contribution is 2.21. The molecule has 0 atom stereocenters. The molecule has 1 saturated heterocycles. The molecule has 0 saturated carbocycles. The molecule has 0 unspecified atom stereocenters. The number of hydrogen-bond donors (Lipinski definition) is 2. The molecule has 2 N–H and O–H groups in total. The van der Waals surface area contributed by atoms with Crippen LogP contribution in [0.15, 0.2) is 53.3 Å². The van der Waals surface area contributed by atoms with Crippen LogP contribution >= 0.6 is 0 Å². The summed E-state index contributed by atoms with van der Waals surface area (Å²) in [6.07, 6.45) is 4.94. The maximum atomic E-state index is 12.4. The van der Waals surface area contributed by atoms with Crippen LogP contribution in [0.5, 0.6) is 0 Å². The van der Waals surface area contributed by atoms with Gasteiger partial charge in [0.15, 0.2) is 12.3 Å². The zero-order valence-corrected chi connectivity index (χ0v) is 17.1. The van der Waals surface area contributed by atoms with Gasteiger partial charge in [-0.3, -0.25) is 9.59 Å². The van der Waals surface area contributed by atoms with E-state index in [9.17, 15) is 14.4 Å². The molecule has 1 aliphatic rings. The summed E-state index contributed by atoms with van der Waals surface area (Å²) < 4.78 is 5.10. The average molecular weight is 420 g/mol. The van der Waals surface area contributed by atoms with Crippen molar-refractivity contribution in [3.8, 4) is 0 Å². The Morgan fingerprint density at radius 1 is 0.968 bits per heavy atom. The molecular weight excluding hydrogens is 396 g/mol. The van der Waals surface area contributed by atoms with Gasteiger partial charge in [-0.2, -0.15) is 5.10 Å². The Morgan fingerprint density at radius 3 is 2.35 bits per heavy atom. The van der Waals surface area contributed by atoms with E-state index in [0.29, 0.717) is 16.5 Å².